The SMILES string of the molecule is CC(C)[C@@H](C(=O)OCc1ccccc1)N(C)C(=O)[C@H](CCO[Si](c1ccccc1)(c1ccccc1)C(C)(C)C)N(C)C(=O)OC(C)(C)C. The second-order valence-electron chi connectivity index (χ2n) is 14.6. The molecule has 3 aromatic carbocycles. The number of esters is 1. The van der Waals surface area contributed by atoms with Crippen LogP contribution in [0, 0.1) is 5.92 Å². The predicted octanol–water partition coefficient (Wildman–Crippen LogP) is 6.42. The monoisotopic (exact) mass is 674 g/mol. The number of carbonyl (C=O) groups excluding carboxylic acids is 3. The summed E-state index contributed by atoms with van der Waals surface area (Å²) in [6.07, 6.45) is -0.444. The lowest BCUT2D eigenvalue weighted by Crippen LogP contribution is -2.66. The van der Waals surface area contributed by atoms with E-state index < -0.39 is 44.0 Å². The number of likely N-dealkylation sites (N-methyl/N-ethyl adjacent to an activating group) is 2. The van der Waals surface area contributed by atoms with Gasteiger partial charge in [0.2, 0.25) is 5.91 Å². The van der Waals surface area contributed by atoms with Gasteiger partial charge in [0.05, 0.1) is 0 Å². The summed E-state index contributed by atoms with van der Waals surface area (Å²) < 4.78 is 18.5. The molecule has 2 atom stereocenters. The standard InChI is InChI=1S/C39H54N2O6Si/c1-29(2)34(36(43)45-28-30-20-14-11-15-21-30)41(10)35(42)33(40(9)37(44)47-38(3,4)5)26-27-46-48(39(6,7)8,31-22-16-12-17-23-31)32-24-18-13-19-25-32/h11-25,29,33-34H,26-28H2,1-10H3/t33-,34-/m0/s1. The van der Waals surface area contributed by atoms with Crippen molar-refractivity contribution in [1.82, 2.24) is 9.80 Å². The highest BCUT2D eigenvalue weighted by atomic mass is 28.4. The number of nitrogens with zero attached hydrogens (tertiary/aromatic N) is 2. The van der Waals surface area contributed by atoms with E-state index in [9.17, 15) is 14.4 Å². The van der Waals surface area contributed by atoms with Gasteiger partial charge in [0.1, 0.15) is 24.3 Å². The quantitative estimate of drug-likeness (QED) is 0.154. The molecule has 0 aromatic heterocycles. The van der Waals surface area contributed by atoms with Crippen molar-refractivity contribution in [3.05, 3.63) is 96.6 Å². The Balaban J connectivity index is 1.96. The molecule has 0 unspecified atom stereocenters. The molecule has 3 aromatic rings. The van der Waals surface area contributed by atoms with E-state index >= 15 is 0 Å². The molecule has 9 heteroatoms. The van der Waals surface area contributed by atoms with Crippen LogP contribution in [0.3, 0.4) is 0 Å². The Kier molecular flexibility index (Phi) is 13.2. The summed E-state index contributed by atoms with van der Waals surface area (Å²) in [7, 11) is 0.241. The molecular formula is C39H54N2O6Si. The lowest BCUT2D eigenvalue weighted by Gasteiger charge is -2.43. The molecule has 8 nitrogen and oxygen atoms in total. The highest BCUT2D eigenvalue weighted by Gasteiger charge is 2.50. The Bertz CT molecular complexity index is 1430. The van der Waals surface area contributed by atoms with E-state index in [1.165, 1.54) is 9.80 Å². The topological polar surface area (TPSA) is 85.4 Å². The average Bonchev–Trinajstić information content (AvgIpc) is 3.03. The largest absolute Gasteiger partial charge is 0.459 e. The molecule has 48 heavy (non-hydrogen) atoms. The fourth-order valence-electron chi connectivity index (χ4n) is 6.09. The van der Waals surface area contributed by atoms with Crippen LogP contribution < -0.4 is 10.4 Å². The molecule has 0 fully saturated rings. The Morgan fingerprint density at radius 2 is 1.21 bits per heavy atom. The third-order valence-electron chi connectivity index (χ3n) is 8.42. The lowest BCUT2D eigenvalue weighted by atomic mass is 10.0. The van der Waals surface area contributed by atoms with E-state index in [2.05, 4.69) is 45.0 Å². The van der Waals surface area contributed by atoms with E-state index in [1.807, 2.05) is 80.6 Å². The molecule has 260 valence electrons. The van der Waals surface area contributed by atoms with Gasteiger partial charge >= 0.3 is 12.1 Å². The first-order valence-electron chi connectivity index (χ1n) is 16.7. The maximum Gasteiger partial charge on any atom is 0.410 e. The Labute approximate surface area is 288 Å². The van der Waals surface area contributed by atoms with Crippen LogP contribution in [-0.2, 0) is 30.1 Å². The normalized spacial score (nSPS) is 13.4. The summed E-state index contributed by atoms with van der Waals surface area (Å²) in [5, 5.41) is 1.96. The van der Waals surface area contributed by atoms with Crippen LogP contribution >= 0.6 is 0 Å². The molecule has 0 saturated heterocycles. The number of amides is 2. The average molecular weight is 675 g/mol. The molecule has 2 amide bonds. The molecule has 0 aliphatic heterocycles. The van der Waals surface area contributed by atoms with E-state index in [0.29, 0.717) is 0 Å². The highest BCUT2D eigenvalue weighted by molar-refractivity contribution is 6.99. The van der Waals surface area contributed by atoms with Crippen LogP contribution in [0.25, 0.3) is 0 Å². The molecule has 0 aliphatic rings. The summed E-state index contributed by atoms with van der Waals surface area (Å²) in [5.74, 6) is -1.15. The van der Waals surface area contributed by atoms with Gasteiger partial charge in [0, 0.05) is 20.7 Å². The van der Waals surface area contributed by atoms with Crippen LogP contribution in [0.5, 0.6) is 0 Å². The minimum atomic E-state index is -2.91. The van der Waals surface area contributed by atoms with Gasteiger partial charge in [-0.2, -0.15) is 0 Å². The fraction of sp³-hybridized carbons (Fsp3) is 0.462. The van der Waals surface area contributed by atoms with Gasteiger partial charge in [-0.3, -0.25) is 9.69 Å². The highest BCUT2D eigenvalue weighted by Crippen LogP contribution is 2.37. The summed E-state index contributed by atoms with van der Waals surface area (Å²) in [6, 6.07) is 28.1. The molecule has 3 rings (SSSR count). The number of hydrogen-bond donors (Lipinski definition) is 0. The van der Waals surface area contributed by atoms with E-state index in [1.54, 1.807) is 34.9 Å². The van der Waals surface area contributed by atoms with Crippen molar-refractivity contribution in [2.75, 3.05) is 20.7 Å². The maximum atomic E-state index is 14.4. The van der Waals surface area contributed by atoms with Gasteiger partial charge in [-0.25, -0.2) is 9.59 Å². The van der Waals surface area contributed by atoms with Gasteiger partial charge in [0.15, 0.2) is 0 Å². The van der Waals surface area contributed by atoms with E-state index in [0.717, 1.165) is 15.9 Å². The number of hydrogen-bond acceptors (Lipinski definition) is 6. The molecule has 0 saturated carbocycles. The lowest BCUT2D eigenvalue weighted by molar-refractivity contribution is -0.158. The first kappa shape index (κ1) is 38.5. The Hall–Kier alpha value is -3.95. The summed E-state index contributed by atoms with van der Waals surface area (Å²) in [6.45, 7) is 16.0. The zero-order valence-corrected chi connectivity index (χ0v) is 31.4. The second-order valence-corrected chi connectivity index (χ2v) is 18.9. The Morgan fingerprint density at radius 3 is 1.65 bits per heavy atom. The van der Waals surface area contributed by atoms with Gasteiger partial charge in [-0.05, 0) is 54.1 Å². The summed E-state index contributed by atoms with van der Waals surface area (Å²) in [4.78, 5) is 44.0. The minimum absolute atomic E-state index is 0.0957. The van der Waals surface area contributed by atoms with Crippen LogP contribution in [0.4, 0.5) is 4.79 Å². The van der Waals surface area contributed by atoms with E-state index in [4.69, 9.17) is 13.9 Å². The van der Waals surface area contributed by atoms with Gasteiger partial charge in [0.25, 0.3) is 8.32 Å². The third kappa shape index (κ3) is 9.57. The minimum Gasteiger partial charge on any atom is -0.459 e. The van der Waals surface area contributed by atoms with Gasteiger partial charge in [-0.1, -0.05) is 126 Å². The predicted molar refractivity (Wildman–Crippen MR) is 194 cm³/mol. The van der Waals surface area contributed by atoms with Crippen molar-refractivity contribution in [2.45, 2.75) is 91.1 Å². The van der Waals surface area contributed by atoms with Crippen molar-refractivity contribution in [2.24, 2.45) is 5.92 Å². The van der Waals surface area contributed by atoms with Gasteiger partial charge < -0.3 is 18.8 Å². The Morgan fingerprint density at radius 1 is 0.729 bits per heavy atom. The molecule has 0 spiro atoms. The number of rotatable bonds is 13. The number of benzene rings is 3. The first-order valence-corrected chi connectivity index (χ1v) is 18.6. The van der Waals surface area contributed by atoms with Crippen LogP contribution in [0.2, 0.25) is 5.04 Å². The summed E-state index contributed by atoms with van der Waals surface area (Å²) in [5.41, 5.74) is 0.0863. The molecule has 0 bridgehead atoms. The second kappa shape index (κ2) is 16.4. The maximum absolute atomic E-state index is 14.4. The molecule has 0 heterocycles. The fourth-order valence-corrected chi connectivity index (χ4v) is 10.7. The van der Waals surface area contributed by atoms with Crippen LogP contribution in [-0.4, -0.2) is 74.5 Å². The van der Waals surface area contributed by atoms with Crippen molar-refractivity contribution >= 4 is 36.7 Å². The third-order valence-corrected chi connectivity index (χ3v) is 13.5. The molecule has 0 aliphatic carbocycles. The molecule has 0 radical (unpaired) electrons. The zero-order chi connectivity index (χ0) is 35.7. The molecule has 0 N–H and O–H groups in total. The van der Waals surface area contributed by atoms with Crippen molar-refractivity contribution < 1.29 is 28.3 Å². The van der Waals surface area contributed by atoms with Crippen LogP contribution in [0.1, 0.15) is 67.4 Å². The van der Waals surface area contributed by atoms with Crippen molar-refractivity contribution in [1.29, 1.82) is 0 Å². The van der Waals surface area contributed by atoms with Crippen LogP contribution in [0.15, 0.2) is 91.0 Å². The van der Waals surface area contributed by atoms with Crippen molar-refractivity contribution in [3.8, 4) is 0 Å². The number of ether oxygens (including phenoxy) is 2. The van der Waals surface area contributed by atoms with Crippen molar-refractivity contribution in [3.63, 3.8) is 0 Å². The summed E-state index contributed by atoms with van der Waals surface area (Å²) >= 11 is 0. The number of carbonyl (C=O) groups is 3. The molecular weight excluding hydrogens is 621 g/mol. The smallest absolute Gasteiger partial charge is 0.410 e. The van der Waals surface area contributed by atoms with E-state index in [-0.39, 0.29) is 30.6 Å². The first-order chi connectivity index (χ1) is 22.5. The zero-order valence-electron chi connectivity index (χ0n) is 30.4. The van der Waals surface area contributed by atoms with Gasteiger partial charge in [-0.15, -0.1) is 0 Å².